The van der Waals surface area contributed by atoms with Crippen molar-refractivity contribution in [2.75, 3.05) is 9.80 Å². The van der Waals surface area contributed by atoms with Gasteiger partial charge in [-0.2, -0.15) is 0 Å². The van der Waals surface area contributed by atoms with Gasteiger partial charge in [0.2, 0.25) is 0 Å². The molecule has 0 bridgehead atoms. The molecular weight excluding hydrogens is 1190 g/mol. The van der Waals surface area contributed by atoms with Gasteiger partial charge in [0.1, 0.15) is 0 Å². The van der Waals surface area contributed by atoms with E-state index in [-0.39, 0.29) is 39.2 Å². The molecule has 3 heteroatoms. The van der Waals surface area contributed by atoms with Crippen LogP contribution in [0, 0.1) is 0 Å². The first kappa shape index (κ1) is 68.6. The molecule has 502 valence electrons. The van der Waals surface area contributed by atoms with Crippen LogP contribution < -0.4 is 26.2 Å². The van der Waals surface area contributed by atoms with Gasteiger partial charge in [-0.15, -0.1) is 0 Å². The predicted molar refractivity (Wildman–Crippen MR) is 433 cm³/mol. The van der Waals surface area contributed by atoms with Gasteiger partial charge in [-0.25, -0.2) is 0 Å². The van der Waals surface area contributed by atoms with Crippen LogP contribution in [-0.2, 0) is 32.5 Å². The molecule has 99 heavy (non-hydrogen) atoms. The summed E-state index contributed by atoms with van der Waals surface area (Å²) in [6.07, 6.45) is 0. The van der Waals surface area contributed by atoms with Crippen molar-refractivity contribution in [2.45, 2.75) is 197 Å². The first-order valence-electron chi connectivity index (χ1n) is 36.6. The van der Waals surface area contributed by atoms with E-state index in [1.807, 2.05) is 0 Å². The van der Waals surface area contributed by atoms with Crippen LogP contribution >= 0.6 is 0 Å². The van der Waals surface area contributed by atoms with Gasteiger partial charge in [-0.05, 0) is 174 Å². The number of anilines is 6. The Kier molecular flexibility index (Phi) is 17.4. The van der Waals surface area contributed by atoms with Crippen LogP contribution in [0.1, 0.15) is 209 Å². The lowest BCUT2D eigenvalue weighted by atomic mass is 9.33. The van der Waals surface area contributed by atoms with Crippen molar-refractivity contribution in [2.24, 2.45) is 0 Å². The summed E-state index contributed by atoms with van der Waals surface area (Å²) < 4.78 is 0. The summed E-state index contributed by atoms with van der Waals surface area (Å²) in [6.45, 7) is 51.6. The van der Waals surface area contributed by atoms with Crippen LogP contribution in [-0.4, -0.2) is 6.71 Å². The van der Waals surface area contributed by atoms with Crippen LogP contribution in [0.2, 0.25) is 0 Å². The highest BCUT2D eigenvalue weighted by atomic mass is 15.2. The van der Waals surface area contributed by atoms with Crippen LogP contribution in [0.5, 0.6) is 0 Å². The van der Waals surface area contributed by atoms with E-state index >= 15 is 0 Å². The van der Waals surface area contributed by atoms with E-state index in [0.717, 1.165) is 0 Å². The van der Waals surface area contributed by atoms with Crippen molar-refractivity contribution in [3.05, 3.63) is 269 Å². The summed E-state index contributed by atoms with van der Waals surface area (Å²) >= 11 is 0. The molecule has 0 atom stereocenters. The number of fused-ring (bicyclic) bond motifs is 4. The molecule has 0 unspecified atom stereocenters. The Balaban J connectivity index is 1.25. The Bertz CT molecular complexity index is 4760. The van der Waals surface area contributed by atoms with E-state index in [0.29, 0.717) is 11.8 Å². The average molecular weight is 1300 g/mol. The summed E-state index contributed by atoms with van der Waals surface area (Å²) in [5.41, 5.74) is 35.3. The van der Waals surface area contributed by atoms with Gasteiger partial charge in [0.15, 0.2) is 0 Å². The number of hydrogen-bond acceptors (Lipinski definition) is 2. The second-order valence-corrected chi connectivity index (χ2v) is 35.5. The standard InChI is InChI=1S/C96H105BN2/c1-60(2)62-45-48-74(80(55-62)61(3)4)67-46-49-84-82(56-67)97-83-57-68(75-39-23-24-44-81(75)96(20,21)22)47-50-85(83)99(90-78(65-33-27-37-71(53-65)93(11,12)13)42-30-43-79(90)66-34-28-38-72(54-66)94(14,15)16)87-59-73(95(17,18)19)58-86(88(87)97)98(84)89-76(63-31-25-35-69(51-63)91(5,6)7)40-29-41-77(89)64-32-26-36-70(52-64)92(8,9)10/h23-61H,1-22H3. The van der Waals surface area contributed by atoms with Gasteiger partial charge in [0.25, 0.3) is 6.71 Å². The second kappa shape index (κ2) is 25.1. The normalized spacial score (nSPS) is 13.5. The van der Waals surface area contributed by atoms with Crippen LogP contribution in [0.15, 0.2) is 224 Å². The molecule has 0 fully saturated rings. The monoisotopic (exact) mass is 1300 g/mol. The van der Waals surface area contributed by atoms with Crippen molar-refractivity contribution < 1.29 is 0 Å². The highest BCUT2D eigenvalue weighted by Crippen LogP contribution is 2.55. The Labute approximate surface area is 595 Å². The van der Waals surface area contributed by atoms with Gasteiger partial charge in [0, 0.05) is 45.0 Å². The molecule has 0 amide bonds. The highest BCUT2D eigenvalue weighted by Gasteiger charge is 2.46. The van der Waals surface area contributed by atoms with Crippen molar-refractivity contribution in [1.29, 1.82) is 0 Å². The molecule has 2 aliphatic heterocycles. The molecule has 0 radical (unpaired) electrons. The number of hydrogen-bond donors (Lipinski definition) is 0. The van der Waals surface area contributed by atoms with E-state index < -0.39 is 0 Å². The molecule has 0 aliphatic carbocycles. The van der Waals surface area contributed by atoms with Crippen LogP contribution in [0.3, 0.4) is 0 Å². The first-order chi connectivity index (χ1) is 46.6. The van der Waals surface area contributed by atoms with Gasteiger partial charge >= 0.3 is 0 Å². The largest absolute Gasteiger partial charge is 0.310 e. The molecule has 0 N–H and O–H groups in total. The lowest BCUT2D eigenvalue weighted by Gasteiger charge is -2.46. The van der Waals surface area contributed by atoms with E-state index in [4.69, 9.17) is 0 Å². The quantitative estimate of drug-likeness (QED) is 0.126. The van der Waals surface area contributed by atoms with Crippen molar-refractivity contribution in [3.63, 3.8) is 0 Å². The Hall–Kier alpha value is -8.92. The fourth-order valence-corrected chi connectivity index (χ4v) is 15.4. The summed E-state index contributed by atoms with van der Waals surface area (Å²) in [5, 5.41) is 0. The molecule has 13 rings (SSSR count). The molecular formula is C96H105BN2. The minimum atomic E-state index is -0.284. The minimum absolute atomic E-state index is 0.0843. The minimum Gasteiger partial charge on any atom is -0.310 e. The highest BCUT2D eigenvalue weighted by molar-refractivity contribution is 7.00. The van der Waals surface area contributed by atoms with Gasteiger partial charge in [-0.1, -0.05) is 353 Å². The Morgan fingerprint density at radius 1 is 0.263 bits per heavy atom. The predicted octanol–water partition coefficient (Wildman–Crippen LogP) is 25.8. The third-order valence-electron chi connectivity index (χ3n) is 21.3. The van der Waals surface area contributed by atoms with Gasteiger partial charge in [-0.3, -0.25) is 0 Å². The smallest absolute Gasteiger partial charge is 0.252 e. The molecule has 0 saturated heterocycles. The fourth-order valence-electron chi connectivity index (χ4n) is 15.4. The average Bonchev–Trinajstić information content (AvgIpc) is 0.695. The molecule has 0 spiro atoms. The molecule has 2 aliphatic rings. The maximum atomic E-state index is 2.75. The van der Waals surface area contributed by atoms with E-state index in [1.165, 1.54) is 162 Å². The fraction of sp³-hybridized carbons (Fsp3) is 0.312. The SMILES string of the molecule is CC(C)c1ccc(-c2ccc3c(c2)B2c4cc(-c5ccccc5C(C)(C)C)ccc4N(c4c(-c5cccc(C(C)(C)C)c5)cccc4-c4cccc(C(C)(C)C)c4)c4cc(C(C)(C)C)cc(c42)N3c2c(-c3cccc(C(C)(C)C)c3)cccc2-c2cccc(C(C)(C)C)c2)c(C(C)C)c1. The van der Waals surface area contributed by atoms with Crippen molar-refractivity contribution >= 4 is 57.2 Å². The summed E-state index contributed by atoms with van der Waals surface area (Å²) in [6, 6.07) is 88.7. The third kappa shape index (κ3) is 12.9. The molecule has 0 saturated carbocycles. The van der Waals surface area contributed by atoms with E-state index in [9.17, 15) is 0 Å². The molecule has 0 aromatic heterocycles. The topological polar surface area (TPSA) is 6.48 Å². The second-order valence-electron chi connectivity index (χ2n) is 35.5. The molecule has 2 heterocycles. The van der Waals surface area contributed by atoms with Crippen LogP contribution in [0.4, 0.5) is 34.1 Å². The lowest BCUT2D eigenvalue weighted by Crippen LogP contribution is -2.61. The maximum absolute atomic E-state index is 2.75. The number of benzene rings is 11. The van der Waals surface area contributed by atoms with Crippen molar-refractivity contribution in [3.8, 4) is 66.8 Å². The Morgan fingerprint density at radius 2 is 0.606 bits per heavy atom. The zero-order valence-corrected chi connectivity index (χ0v) is 63.5. The number of rotatable bonds is 10. The molecule has 2 nitrogen and oxygen atoms in total. The first-order valence-corrected chi connectivity index (χ1v) is 36.6. The summed E-state index contributed by atoms with van der Waals surface area (Å²) in [4.78, 5) is 5.50. The van der Waals surface area contributed by atoms with E-state index in [2.05, 4.69) is 387 Å². The third-order valence-corrected chi connectivity index (χ3v) is 21.3. The zero-order valence-electron chi connectivity index (χ0n) is 63.5. The van der Waals surface area contributed by atoms with Crippen LogP contribution in [0.25, 0.3) is 66.8 Å². The zero-order chi connectivity index (χ0) is 70.8. The summed E-state index contributed by atoms with van der Waals surface area (Å²) in [5.74, 6) is 0.701. The van der Waals surface area contributed by atoms with Gasteiger partial charge in [0.05, 0.1) is 11.4 Å². The number of nitrogens with zero attached hydrogens (tertiary/aromatic N) is 2. The van der Waals surface area contributed by atoms with E-state index in [1.54, 1.807) is 0 Å². The molecule has 11 aromatic carbocycles. The van der Waals surface area contributed by atoms with Crippen molar-refractivity contribution in [1.82, 2.24) is 0 Å². The Morgan fingerprint density at radius 3 is 0.960 bits per heavy atom. The summed E-state index contributed by atoms with van der Waals surface area (Å²) in [7, 11) is 0. The number of para-hydroxylation sites is 2. The lowest BCUT2D eigenvalue weighted by molar-refractivity contribution is 0.590. The molecule has 11 aromatic rings. The maximum Gasteiger partial charge on any atom is 0.252 e. The van der Waals surface area contributed by atoms with Gasteiger partial charge < -0.3 is 9.80 Å².